The average molecular weight is 1640 g/mol. The van der Waals surface area contributed by atoms with Crippen LogP contribution in [0.2, 0.25) is 0 Å². The maximum absolute atomic E-state index is 2.41. The molecule has 20 aromatic rings. The highest BCUT2D eigenvalue weighted by molar-refractivity contribution is 6.01. The van der Waals surface area contributed by atoms with Crippen molar-refractivity contribution in [3.05, 3.63) is 513 Å². The van der Waals surface area contributed by atoms with Crippen LogP contribution < -0.4 is 14.7 Å². The topological polar surface area (TPSA) is 9.72 Å². The zero-order chi connectivity index (χ0) is 86.5. The van der Waals surface area contributed by atoms with Crippen LogP contribution in [0.25, 0.3) is 122 Å². The van der Waals surface area contributed by atoms with E-state index in [1.54, 1.807) is 0 Å². The van der Waals surface area contributed by atoms with Crippen molar-refractivity contribution in [2.24, 2.45) is 0 Å². The minimum absolute atomic E-state index is 0.0521. The van der Waals surface area contributed by atoms with E-state index in [9.17, 15) is 0 Å². The number of hydrogen-bond donors (Lipinski definition) is 0. The van der Waals surface area contributed by atoms with E-state index in [4.69, 9.17) is 0 Å². The van der Waals surface area contributed by atoms with Crippen molar-refractivity contribution in [1.29, 1.82) is 0 Å². The molecule has 0 saturated carbocycles. The van der Waals surface area contributed by atoms with Gasteiger partial charge in [-0.05, 0) is 253 Å². The Morgan fingerprint density at radius 3 is 0.703 bits per heavy atom. The van der Waals surface area contributed by atoms with E-state index in [0.29, 0.717) is 0 Å². The zero-order valence-corrected chi connectivity index (χ0v) is 73.0. The van der Waals surface area contributed by atoms with Crippen LogP contribution in [0.1, 0.15) is 74.9 Å². The van der Waals surface area contributed by atoms with Crippen molar-refractivity contribution in [2.75, 3.05) is 14.7 Å². The molecule has 0 atom stereocenters. The SMILES string of the molecule is CC1(C)c2ccccc2-c2ccc(N(c3ccc(-c4ccccc4)cc3)c3ccc(-c4ccc(-c5ccccc5)cc4)cc3)cc21.CC1(C)c2ccccc2-c2ccc(N(c3ccc(-c4ccccc4)cc3)c3ccc(-c4cccc5ccccc45)cc3)cc21.CC1(C)c2ccccc2-c2ccc(N(c3ccc(-c4ccccc4)cc3)c3cccc4ccccc34)cc21. The number of anilines is 9. The molecule has 0 spiro atoms. The second-order valence-electron chi connectivity index (χ2n) is 35.5. The minimum Gasteiger partial charge on any atom is -0.310 e. The standard InChI is InChI=1S/C45H35N.C43H33N.C37H29N/c1-45(2)43-16-10-9-15-41(43)42-30-29-40(31-44(42)45)46(38-25-21-36(22-26-38)33-13-7-4-8-14-33)39-27-23-37(24-28-39)35-19-17-34(18-20-35)32-11-5-3-6-12-32;1-43(2)41-18-9-8-16-39(41)40-28-27-36(29-42(40)43)44(34-23-19-31(20-24-34)30-11-4-3-5-12-30)35-25-21-33(22-26-35)38-17-10-14-32-13-6-7-15-37(32)38;1-37(2)34-17-9-8-16-32(34)33-24-23-30(25-35(33)37)38(36-18-10-14-28-13-6-7-15-31(28)36)29-21-19-27(20-22-29)26-11-4-3-5-12-26/h3-31H,1-2H3;3-29H,1-2H3;3-25H,1-2H3. The monoisotopic (exact) mass is 1640 g/mol. The summed E-state index contributed by atoms with van der Waals surface area (Å²) in [4.78, 5) is 7.19. The lowest BCUT2D eigenvalue weighted by molar-refractivity contribution is 0.660. The molecule has 0 aliphatic heterocycles. The van der Waals surface area contributed by atoms with Gasteiger partial charge < -0.3 is 14.7 Å². The average Bonchev–Trinajstić information content (AvgIpc) is 1.58. The van der Waals surface area contributed by atoms with Gasteiger partial charge in [0.15, 0.2) is 0 Å². The Morgan fingerprint density at radius 2 is 0.359 bits per heavy atom. The van der Waals surface area contributed by atoms with Crippen LogP contribution in [-0.4, -0.2) is 0 Å². The first-order valence-electron chi connectivity index (χ1n) is 44.7. The second kappa shape index (κ2) is 33.4. The van der Waals surface area contributed by atoms with Gasteiger partial charge in [0.05, 0.1) is 5.69 Å². The van der Waals surface area contributed by atoms with Crippen molar-refractivity contribution < 1.29 is 0 Å². The Hall–Kier alpha value is -15.7. The van der Waals surface area contributed by atoms with Crippen LogP contribution in [0.4, 0.5) is 51.2 Å². The zero-order valence-electron chi connectivity index (χ0n) is 73.0. The van der Waals surface area contributed by atoms with Gasteiger partial charge in [-0.3, -0.25) is 0 Å². The van der Waals surface area contributed by atoms with Crippen molar-refractivity contribution in [2.45, 2.75) is 57.8 Å². The second-order valence-corrected chi connectivity index (χ2v) is 35.5. The molecule has 0 unspecified atom stereocenters. The third-order valence-electron chi connectivity index (χ3n) is 26.9. The maximum atomic E-state index is 2.41. The van der Waals surface area contributed by atoms with Gasteiger partial charge in [-0.15, -0.1) is 0 Å². The summed E-state index contributed by atoms with van der Waals surface area (Å²) in [7, 11) is 0. The summed E-state index contributed by atoms with van der Waals surface area (Å²) >= 11 is 0. The largest absolute Gasteiger partial charge is 0.310 e. The van der Waals surface area contributed by atoms with Crippen LogP contribution in [0.5, 0.6) is 0 Å². The Labute approximate surface area is 752 Å². The first-order valence-corrected chi connectivity index (χ1v) is 44.7. The van der Waals surface area contributed by atoms with Gasteiger partial charge in [0.1, 0.15) is 0 Å². The van der Waals surface area contributed by atoms with Gasteiger partial charge in [0, 0.05) is 67.1 Å². The summed E-state index contributed by atoms with van der Waals surface area (Å²) in [5.74, 6) is 0. The molecule has 3 aliphatic rings. The van der Waals surface area contributed by atoms with Crippen molar-refractivity contribution in [3.63, 3.8) is 0 Å². The quantitative estimate of drug-likeness (QED) is 0.101. The molecule has 128 heavy (non-hydrogen) atoms. The lowest BCUT2D eigenvalue weighted by Crippen LogP contribution is -2.16. The molecule has 3 nitrogen and oxygen atoms in total. The molecule has 0 saturated heterocycles. The molecule has 0 N–H and O–H groups in total. The molecule has 0 fully saturated rings. The first kappa shape index (κ1) is 79.5. The molecule has 0 heterocycles. The predicted molar refractivity (Wildman–Crippen MR) is 544 cm³/mol. The van der Waals surface area contributed by atoms with Gasteiger partial charge in [0.2, 0.25) is 0 Å². The van der Waals surface area contributed by atoms with Gasteiger partial charge in [-0.25, -0.2) is 0 Å². The Morgan fingerprint density at radius 1 is 0.141 bits per heavy atom. The van der Waals surface area contributed by atoms with Gasteiger partial charge in [0.25, 0.3) is 0 Å². The van der Waals surface area contributed by atoms with E-state index >= 15 is 0 Å². The molecule has 0 amide bonds. The highest BCUT2D eigenvalue weighted by Crippen LogP contribution is 2.55. The van der Waals surface area contributed by atoms with Crippen LogP contribution >= 0.6 is 0 Å². The van der Waals surface area contributed by atoms with Crippen LogP contribution in [0, 0.1) is 0 Å². The minimum atomic E-state index is -0.0689. The Balaban J connectivity index is 0.000000117. The molecule has 3 aliphatic carbocycles. The smallest absolute Gasteiger partial charge is 0.0540 e. The summed E-state index contributed by atoms with van der Waals surface area (Å²) in [5.41, 5.74) is 41.2. The van der Waals surface area contributed by atoms with Crippen molar-refractivity contribution in [1.82, 2.24) is 0 Å². The van der Waals surface area contributed by atoms with Crippen molar-refractivity contribution in [3.8, 4) is 100 Å². The Bertz CT molecular complexity index is 7430. The lowest BCUT2D eigenvalue weighted by Gasteiger charge is -2.29. The summed E-state index contributed by atoms with van der Waals surface area (Å²) in [6.45, 7) is 14.1. The first-order chi connectivity index (χ1) is 62.7. The number of fused-ring (bicyclic) bond motifs is 11. The maximum Gasteiger partial charge on any atom is 0.0540 e. The van der Waals surface area contributed by atoms with Crippen molar-refractivity contribution >= 4 is 72.7 Å². The predicted octanol–water partition coefficient (Wildman–Crippen LogP) is 34.7. The summed E-state index contributed by atoms with van der Waals surface area (Å²) in [6, 6.07) is 174. The highest BCUT2D eigenvalue weighted by Gasteiger charge is 2.39. The molecule has 612 valence electrons. The molecule has 23 rings (SSSR count). The van der Waals surface area contributed by atoms with Crippen LogP contribution in [-0.2, 0) is 16.2 Å². The Kier molecular flexibility index (Phi) is 20.8. The summed E-state index contributed by atoms with van der Waals surface area (Å²) < 4.78 is 0. The molecule has 0 bridgehead atoms. The van der Waals surface area contributed by atoms with Crippen LogP contribution in [0.3, 0.4) is 0 Å². The molecule has 0 aromatic heterocycles. The van der Waals surface area contributed by atoms with E-state index in [2.05, 4.69) is 535 Å². The third-order valence-corrected chi connectivity index (χ3v) is 26.9. The molecule has 0 radical (unpaired) electrons. The van der Waals surface area contributed by atoms with Crippen LogP contribution in [0.15, 0.2) is 479 Å². The number of hydrogen-bond acceptors (Lipinski definition) is 3. The molecule has 20 aromatic carbocycles. The summed E-state index contributed by atoms with van der Waals surface area (Å²) in [6.07, 6.45) is 0. The fourth-order valence-electron chi connectivity index (χ4n) is 20.1. The number of rotatable bonds is 15. The van der Waals surface area contributed by atoms with E-state index in [1.807, 2.05) is 0 Å². The van der Waals surface area contributed by atoms with Gasteiger partial charge in [-0.2, -0.15) is 0 Å². The van der Waals surface area contributed by atoms with E-state index in [-0.39, 0.29) is 16.2 Å². The molecular formula is C125H97N3. The van der Waals surface area contributed by atoms with Gasteiger partial charge >= 0.3 is 0 Å². The molecular weight excluding hydrogens is 1540 g/mol. The van der Waals surface area contributed by atoms with E-state index in [1.165, 1.54) is 166 Å². The fraction of sp³-hybridized carbons (Fsp3) is 0.0720. The molecule has 3 heteroatoms. The van der Waals surface area contributed by atoms with Gasteiger partial charge in [-0.1, -0.05) is 418 Å². The van der Waals surface area contributed by atoms with E-state index in [0.717, 1.165) is 39.8 Å². The normalized spacial score (nSPS) is 13.0. The highest BCUT2D eigenvalue weighted by atomic mass is 15.2. The summed E-state index contributed by atoms with van der Waals surface area (Å²) in [5, 5.41) is 5.02. The number of nitrogens with zero attached hydrogens (tertiary/aromatic N) is 3. The van der Waals surface area contributed by atoms with E-state index < -0.39 is 0 Å². The lowest BCUT2D eigenvalue weighted by atomic mass is 9.82. The number of benzene rings is 20. The third kappa shape index (κ3) is 14.8. The fourth-order valence-corrected chi connectivity index (χ4v) is 20.1.